The van der Waals surface area contributed by atoms with Gasteiger partial charge in [0.25, 0.3) is 5.91 Å². The number of para-hydroxylation sites is 1. The highest BCUT2D eigenvalue weighted by atomic mass is 32.1. The van der Waals surface area contributed by atoms with Crippen LogP contribution in [0.5, 0.6) is 0 Å². The van der Waals surface area contributed by atoms with Crippen LogP contribution in [0.15, 0.2) is 41.8 Å². The highest BCUT2D eigenvalue weighted by molar-refractivity contribution is 7.10. The summed E-state index contributed by atoms with van der Waals surface area (Å²) < 4.78 is 0. The van der Waals surface area contributed by atoms with Crippen LogP contribution in [0, 0.1) is 0 Å². The van der Waals surface area contributed by atoms with E-state index < -0.39 is 0 Å². The molecule has 22 heavy (non-hydrogen) atoms. The Morgan fingerprint density at radius 2 is 1.95 bits per heavy atom. The van der Waals surface area contributed by atoms with Gasteiger partial charge in [-0.05, 0) is 36.9 Å². The van der Waals surface area contributed by atoms with Crippen molar-refractivity contribution in [2.24, 2.45) is 0 Å². The summed E-state index contributed by atoms with van der Waals surface area (Å²) in [6.07, 6.45) is 1.18. The van der Waals surface area contributed by atoms with Gasteiger partial charge in [0.15, 0.2) is 0 Å². The summed E-state index contributed by atoms with van der Waals surface area (Å²) >= 11 is 1.54. The Morgan fingerprint density at radius 1 is 1.18 bits per heavy atom. The van der Waals surface area contributed by atoms with Gasteiger partial charge >= 0.3 is 0 Å². The summed E-state index contributed by atoms with van der Waals surface area (Å²) in [6.45, 7) is 3.97. The van der Waals surface area contributed by atoms with Crippen molar-refractivity contribution in [1.82, 2.24) is 5.32 Å². The zero-order valence-corrected chi connectivity index (χ0v) is 13.6. The number of carbonyl (C=O) groups excluding carboxylic acids is 2. The van der Waals surface area contributed by atoms with Gasteiger partial charge in [-0.2, -0.15) is 0 Å². The second-order valence-corrected chi connectivity index (χ2v) is 6.16. The molecule has 2 aromatic rings. The topological polar surface area (TPSA) is 58.2 Å². The predicted octanol–water partition coefficient (Wildman–Crippen LogP) is 3.46. The SMILES string of the molecule is CCC(C)NC(=O)c1ccccc1NC(=O)Cc1cccs1. The summed E-state index contributed by atoms with van der Waals surface area (Å²) in [5.41, 5.74) is 1.03. The fraction of sp³-hybridized carbons (Fsp3) is 0.294. The van der Waals surface area contributed by atoms with Gasteiger partial charge in [-0.25, -0.2) is 0 Å². The third kappa shape index (κ3) is 4.43. The molecule has 1 aromatic heterocycles. The summed E-state index contributed by atoms with van der Waals surface area (Å²) in [5, 5.41) is 7.69. The molecule has 5 heteroatoms. The zero-order chi connectivity index (χ0) is 15.9. The van der Waals surface area contributed by atoms with E-state index in [9.17, 15) is 9.59 Å². The number of amides is 2. The fourth-order valence-corrected chi connectivity index (χ4v) is 2.66. The number of anilines is 1. The summed E-state index contributed by atoms with van der Waals surface area (Å²) in [7, 11) is 0. The largest absolute Gasteiger partial charge is 0.350 e. The quantitative estimate of drug-likeness (QED) is 0.857. The van der Waals surface area contributed by atoms with Gasteiger partial charge < -0.3 is 10.6 Å². The average molecular weight is 316 g/mol. The molecule has 0 spiro atoms. The minimum atomic E-state index is -0.165. The van der Waals surface area contributed by atoms with E-state index in [1.165, 1.54) is 0 Å². The van der Waals surface area contributed by atoms with Crippen molar-refractivity contribution in [3.8, 4) is 0 Å². The highest BCUT2D eigenvalue weighted by Gasteiger charge is 2.14. The first-order chi connectivity index (χ1) is 10.6. The van der Waals surface area contributed by atoms with Crippen LogP contribution in [-0.4, -0.2) is 17.9 Å². The van der Waals surface area contributed by atoms with Gasteiger partial charge in [0.1, 0.15) is 0 Å². The van der Waals surface area contributed by atoms with Crippen molar-refractivity contribution in [2.75, 3.05) is 5.32 Å². The van der Waals surface area contributed by atoms with E-state index in [0.29, 0.717) is 17.7 Å². The molecule has 4 nitrogen and oxygen atoms in total. The van der Waals surface area contributed by atoms with Gasteiger partial charge in [-0.1, -0.05) is 25.1 Å². The molecule has 2 amide bonds. The molecule has 1 unspecified atom stereocenters. The van der Waals surface area contributed by atoms with Crippen molar-refractivity contribution < 1.29 is 9.59 Å². The lowest BCUT2D eigenvalue weighted by molar-refractivity contribution is -0.115. The summed E-state index contributed by atoms with van der Waals surface area (Å²) in [5.74, 6) is -0.285. The molecule has 1 aromatic carbocycles. The Bertz CT molecular complexity index is 638. The lowest BCUT2D eigenvalue weighted by atomic mass is 10.1. The highest BCUT2D eigenvalue weighted by Crippen LogP contribution is 2.17. The van der Waals surface area contributed by atoms with E-state index in [-0.39, 0.29) is 17.9 Å². The molecule has 0 aliphatic heterocycles. The molecule has 2 N–H and O–H groups in total. The number of carbonyl (C=O) groups is 2. The van der Waals surface area contributed by atoms with E-state index in [1.807, 2.05) is 31.4 Å². The molecule has 0 radical (unpaired) electrons. The molecular formula is C17H20N2O2S. The number of hydrogen-bond donors (Lipinski definition) is 2. The summed E-state index contributed by atoms with van der Waals surface area (Å²) in [6, 6.07) is 11.0. The standard InChI is InChI=1S/C17H20N2O2S/c1-3-12(2)18-17(21)14-8-4-5-9-15(14)19-16(20)11-13-7-6-10-22-13/h4-10,12H,3,11H2,1-2H3,(H,18,21)(H,19,20). The molecule has 0 saturated carbocycles. The minimum absolute atomic E-state index is 0.0994. The second kappa shape index (κ2) is 7.75. The van der Waals surface area contributed by atoms with Gasteiger partial charge in [-0.15, -0.1) is 11.3 Å². The predicted molar refractivity (Wildman–Crippen MR) is 90.3 cm³/mol. The van der Waals surface area contributed by atoms with Crippen LogP contribution < -0.4 is 10.6 Å². The van der Waals surface area contributed by atoms with E-state index in [4.69, 9.17) is 0 Å². The zero-order valence-electron chi connectivity index (χ0n) is 12.8. The van der Waals surface area contributed by atoms with Crippen LogP contribution in [0.1, 0.15) is 35.5 Å². The molecule has 0 bridgehead atoms. The molecule has 0 saturated heterocycles. The Balaban J connectivity index is 2.07. The van der Waals surface area contributed by atoms with Crippen molar-refractivity contribution in [1.29, 1.82) is 0 Å². The first kappa shape index (κ1) is 16.2. The van der Waals surface area contributed by atoms with Gasteiger partial charge in [0, 0.05) is 10.9 Å². The van der Waals surface area contributed by atoms with Gasteiger partial charge in [0.05, 0.1) is 17.7 Å². The van der Waals surface area contributed by atoms with Crippen LogP contribution in [-0.2, 0) is 11.2 Å². The van der Waals surface area contributed by atoms with Crippen LogP contribution in [0.3, 0.4) is 0 Å². The smallest absolute Gasteiger partial charge is 0.253 e. The Kier molecular flexibility index (Phi) is 5.72. The normalized spacial score (nSPS) is 11.7. The lowest BCUT2D eigenvalue weighted by Gasteiger charge is -2.14. The maximum absolute atomic E-state index is 12.3. The maximum atomic E-state index is 12.3. The second-order valence-electron chi connectivity index (χ2n) is 5.13. The monoisotopic (exact) mass is 316 g/mol. The van der Waals surface area contributed by atoms with E-state index >= 15 is 0 Å². The number of thiophene rings is 1. The Hall–Kier alpha value is -2.14. The van der Waals surface area contributed by atoms with Crippen molar-refractivity contribution in [3.05, 3.63) is 52.2 Å². The molecule has 1 atom stereocenters. The van der Waals surface area contributed by atoms with Crippen molar-refractivity contribution >= 4 is 28.8 Å². The molecule has 2 rings (SSSR count). The third-order valence-electron chi connectivity index (χ3n) is 3.35. The van der Waals surface area contributed by atoms with Crippen molar-refractivity contribution in [2.45, 2.75) is 32.7 Å². The molecule has 1 heterocycles. The fourth-order valence-electron chi connectivity index (χ4n) is 1.96. The van der Waals surface area contributed by atoms with E-state index in [2.05, 4.69) is 10.6 Å². The van der Waals surface area contributed by atoms with Crippen LogP contribution >= 0.6 is 11.3 Å². The van der Waals surface area contributed by atoms with E-state index in [1.54, 1.807) is 35.6 Å². The number of hydrogen-bond acceptors (Lipinski definition) is 3. The molecule has 0 aliphatic rings. The third-order valence-corrected chi connectivity index (χ3v) is 4.23. The van der Waals surface area contributed by atoms with Gasteiger partial charge in [0.2, 0.25) is 5.91 Å². The molecular weight excluding hydrogens is 296 g/mol. The molecule has 0 aliphatic carbocycles. The van der Waals surface area contributed by atoms with Crippen molar-refractivity contribution in [3.63, 3.8) is 0 Å². The van der Waals surface area contributed by atoms with Crippen LogP contribution in [0.25, 0.3) is 0 Å². The first-order valence-corrected chi connectivity index (χ1v) is 8.20. The Labute approximate surface area is 134 Å². The number of benzene rings is 1. The average Bonchev–Trinajstić information content (AvgIpc) is 3.00. The molecule has 116 valence electrons. The van der Waals surface area contributed by atoms with Crippen LogP contribution in [0.4, 0.5) is 5.69 Å². The lowest BCUT2D eigenvalue weighted by Crippen LogP contribution is -2.32. The Morgan fingerprint density at radius 3 is 2.64 bits per heavy atom. The number of rotatable bonds is 6. The van der Waals surface area contributed by atoms with Crippen LogP contribution in [0.2, 0.25) is 0 Å². The first-order valence-electron chi connectivity index (χ1n) is 7.32. The van der Waals surface area contributed by atoms with E-state index in [0.717, 1.165) is 11.3 Å². The molecule has 0 fully saturated rings. The number of nitrogens with one attached hydrogen (secondary N) is 2. The van der Waals surface area contributed by atoms with Gasteiger partial charge in [-0.3, -0.25) is 9.59 Å². The maximum Gasteiger partial charge on any atom is 0.253 e. The summed E-state index contributed by atoms with van der Waals surface area (Å²) in [4.78, 5) is 25.4. The minimum Gasteiger partial charge on any atom is -0.350 e.